The maximum absolute atomic E-state index is 13.9. The van der Waals surface area contributed by atoms with Gasteiger partial charge in [-0.05, 0) is 103 Å². The number of β-amino-alcohol motifs (C(OH)–C–C–N with tert-alkyl or cyclic N) is 2. The molecule has 0 radical (unpaired) electrons. The molecule has 2 N–H and O–H groups in total. The van der Waals surface area contributed by atoms with Gasteiger partial charge in [0.2, 0.25) is 17.6 Å². The molecule has 7 atom stereocenters. The molecule has 30 heteroatoms. The van der Waals surface area contributed by atoms with Gasteiger partial charge >= 0.3 is 0 Å². The molecule has 29 nitrogen and oxygen atoms in total. The minimum atomic E-state index is -0.823. The van der Waals surface area contributed by atoms with Gasteiger partial charge in [0.05, 0.1) is 121 Å². The number of rotatable bonds is 18. The smallest absolute Gasteiger partial charge is 0.212 e. The Morgan fingerprint density at radius 3 is 1.06 bits per heavy atom. The summed E-state index contributed by atoms with van der Waals surface area (Å²) in [7, 11) is 4.89. The number of halogens is 1. The number of alkyl halides is 1. The Bertz CT molecular complexity index is 5390. The first kappa shape index (κ1) is 74.8. The summed E-state index contributed by atoms with van der Waals surface area (Å²) in [5.41, 5.74) is 15.8. The molecule has 12 aromatic heterocycles. The van der Waals surface area contributed by atoms with Crippen molar-refractivity contribution in [1.82, 2.24) is 73.4 Å². The Labute approximate surface area is 670 Å². The maximum Gasteiger partial charge on any atom is 0.212 e. The van der Waals surface area contributed by atoms with Gasteiger partial charge in [0.25, 0.3) is 0 Å². The van der Waals surface area contributed by atoms with E-state index in [4.69, 9.17) is 29.2 Å². The van der Waals surface area contributed by atoms with Crippen molar-refractivity contribution in [2.45, 2.75) is 94.3 Å². The van der Waals surface area contributed by atoms with E-state index >= 15 is 0 Å². The van der Waals surface area contributed by atoms with E-state index in [2.05, 4.69) is 142 Å². The molecule has 10 saturated heterocycles. The molecule has 10 aliphatic heterocycles. The number of methoxy groups -OCH3 is 3. The topological polar surface area (TPSA) is 298 Å². The van der Waals surface area contributed by atoms with Crippen molar-refractivity contribution in [3.8, 4) is 69.2 Å². The number of piperazine rings is 3. The zero-order valence-electron chi connectivity index (χ0n) is 64.9. The third-order valence-corrected chi connectivity index (χ3v) is 24.1. The highest BCUT2D eigenvalue weighted by atomic mass is 19.1. The summed E-state index contributed by atoms with van der Waals surface area (Å²) in [6.07, 6.45) is 24.9. The monoisotopic (exact) mass is 1560 g/mol. The number of aliphatic hydroxyl groups excluding tert-OH is 2. The summed E-state index contributed by atoms with van der Waals surface area (Å²) in [5.74, 6) is 4.79. The van der Waals surface area contributed by atoms with Crippen LogP contribution >= 0.6 is 0 Å². The quantitative estimate of drug-likeness (QED) is 0.0809. The van der Waals surface area contributed by atoms with E-state index in [1.807, 2.05) is 97.1 Å². The fourth-order valence-corrected chi connectivity index (χ4v) is 17.8. The van der Waals surface area contributed by atoms with Crippen molar-refractivity contribution in [2.75, 3.05) is 142 Å². The van der Waals surface area contributed by atoms with Gasteiger partial charge < -0.3 is 53.8 Å². The second-order valence-corrected chi connectivity index (χ2v) is 31.2. The summed E-state index contributed by atoms with van der Waals surface area (Å²) in [4.78, 5) is 48.5. The fourth-order valence-electron chi connectivity index (χ4n) is 17.8. The van der Waals surface area contributed by atoms with Crippen molar-refractivity contribution < 1.29 is 28.8 Å². The number of piperidine rings is 2. The summed E-state index contributed by atoms with van der Waals surface area (Å²) in [5, 5.41) is 62.5. The van der Waals surface area contributed by atoms with E-state index in [0.717, 1.165) is 182 Å². The Morgan fingerprint density at radius 1 is 0.388 bits per heavy atom. The van der Waals surface area contributed by atoms with Gasteiger partial charge in [-0.3, -0.25) is 14.7 Å². The normalized spacial score (nSPS) is 21.2. The van der Waals surface area contributed by atoms with E-state index in [1.54, 1.807) is 53.5 Å². The largest absolute Gasteiger partial charge is 0.481 e. The van der Waals surface area contributed by atoms with Crippen LogP contribution in [-0.4, -0.2) is 239 Å². The third-order valence-electron chi connectivity index (χ3n) is 24.1. The van der Waals surface area contributed by atoms with E-state index < -0.39 is 6.17 Å². The number of pyridine rings is 9. The molecule has 12 aromatic rings. The molecule has 10 aliphatic rings. The molecule has 22 heterocycles. The van der Waals surface area contributed by atoms with Gasteiger partial charge in [0, 0.05) is 224 Å². The average Bonchev–Trinajstić information content (AvgIpc) is 1.70. The van der Waals surface area contributed by atoms with Crippen molar-refractivity contribution in [3.05, 3.63) is 199 Å². The first-order valence-electron chi connectivity index (χ1n) is 39.6. The van der Waals surface area contributed by atoms with Crippen LogP contribution in [0.4, 0.5) is 38.9 Å². The molecule has 116 heavy (non-hydrogen) atoms. The highest BCUT2D eigenvalue weighted by Gasteiger charge is 2.46. The Kier molecular flexibility index (Phi) is 20.8. The van der Waals surface area contributed by atoms with Crippen LogP contribution in [0.2, 0.25) is 0 Å². The number of hydrogen-bond donors (Lipinski definition) is 2. The van der Waals surface area contributed by atoms with E-state index in [-0.39, 0.29) is 12.2 Å². The van der Waals surface area contributed by atoms with Crippen LogP contribution in [0.15, 0.2) is 165 Å². The van der Waals surface area contributed by atoms with Crippen molar-refractivity contribution in [3.63, 3.8) is 0 Å². The van der Waals surface area contributed by atoms with Crippen LogP contribution in [0.3, 0.4) is 0 Å². The number of nitriles is 3. The SMILES string of the molecule is COc1ccc(CN2C3CC2CN(c2ccc(-c4cc(N5CC[C@@H](O)C5)cn5ncc(C#N)c45)cn2)C3)cn1.COc1ccc(CN2C3CC2CN(c2ccc(-c4cc(N5CC[C@H](O)C5)cn5ncc(C#N)c45)cn2)C3)cn1.COc1ccc(CN2CCN(c3ccc(-c4cc(N5CC[C@@H](F)C5)cn5ncc(C#N)c45)cn3)CC2)cn1. The second-order valence-electron chi connectivity index (χ2n) is 31.2. The molecule has 0 aliphatic carbocycles. The molecule has 22 rings (SSSR count). The average molecular weight is 1560 g/mol. The summed E-state index contributed by atoms with van der Waals surface area (Å²) < 4.78 is 34.7. The van der Waals surface area contributed by atoms with E-state index in [1.165, 1.54) is 29.5 Å². The molecule has 10 fully saturated rings. The van der Waals surface area contributed by atoms with Crippen molar-refractivity contribution >= 4 is 51.1 Å². The third kappa shape index (κ3) is 15.2. The standard InChI is InChI=1S/2C29H30N8O2.C28H29FN8O/c2*1-39-28-5-2-19(11-32-28)14-36-23-8-24(36)16-35(15-23)27-4-3-20(12-31-27)26-9-22(34-7-6-25(38)18-34)17-37-29(26)21(10-30)13-33-37;1-38-27-5-2-20(14-32-27)17-34-8-10-35(11-9-34)26-4-3-21(15-31-26)25-12-24(36-7-6-23(29)18-36)19-37-28(25)22(13-30)16-33-37/h2*2-5,9,11-13,17,23-25,38H,6-8,14-16,18H2,1H3;2-5,12,14-16,19,23H,6-11,17-18H2,1H3/t2*23?,24?,25-;23-/m101/s1. The molecule has 0 amide bonds. The first-order valence-corrected chi connectivity index (χ1v) is 39.6. The van der Waals surface area contributed by atoms with Gasteiger partial charge in [0.15, 0.2) is 0 Å². The maximum atomic E-state index is 13.9. The van der Waals surface area contributed by atoms with Crippen LogP contribution < -0.4 is 43.6 Å². The lowest BCUT2D eigenvalue weighted by molar-refractivity contribution is -0.00879. The lowest BCUT2D eigenvalue weighted by Crippen LogP contribution is -2.68. The van der Waals surface area contributed by atoms with Crippen LogP contribution in [-0.2, 0) is 19.6 Å². The number of nitrogens with zero attached hydrogens (tertiary/aromatic N) is 24. The molecule has 0 aromatic carbocycles. The highest BCUT2D eigenvalue weighted by Crippen LogP contribution is 2.41. The van der Waals surface area contributed by atoms with Crippen LogP contribution in [0.5, 0.6) is 17.6 Å². The lowest BCUT2D eigenvalue weighted by Gasteiger charge is -2.56. The van der Waals surface area contributed by atoms with Gasteiger partial charge in [-0.15, -0.1) is 0 Å². The van der Waals surface area contributed by atoms with E-state index in [0.29, 0.717) is 91.1 Å². The fraction of sp³-hybridized carbons (Fsp3) is 0.372. The number of hydrogen-bond acceptors (Lipinski definition) is 26. The number of aromatic nitrogens is 12. The molecule has 4 unspecified atom stereocenters. The zero-order chi connectivity index (χ0) is 79.1. The predicted octanol–water partition coefficient (Wildman–Crippen LogP) is 8.95. The zero-order valence-corrected chi connectivity index (χ0v) is 64.9. The summed E-state index contributed by atoms with van der Waals surface area (Å²) in [6, 6.07) is 39.4. The van der Waals surface area contributed by atoms with Gasteiger partial charge in [-0.1, -0.05) is 18.2 Å². The van der Waals surface area contributed by atoms with Crippen molar-refractivity contribution in [1.29, 1.82) is 15.8 Å². The van der Waals surface area contributed by atoms with Gasteiger partial charge in [0.1, 0.15) is 41.8 Å². The predicted molar refractivity (Wildman–Crippen MR) is 437 cm³/mol. The lowest BCUT2D eigenvalue weighted by atomic mass is 9.87. The molecule has 0 spiro atoms. The Balaban J connectivity index is 0.000000120. The van der Waals surface area contributed by atoms with Gasteiger partial charge in [-0.2, -0.15) is 31.1 Å². The molecule has 0 saturated carbocycles. The molecular weight excluding hydrogens is 1470 g/mol. The minimum absolute atomic E-state index is 0.322. The second kappa shape index (κ2) is 32.3. The Hall–Kier alpha value is -12.6. The van der Waals surface area contributed by atoms with Gasteiger partial charge in [-0.25, -0.2) is 47.8 Å². The molecular formula is C86H89FN24O5. The van der Waals surface area contributed by atoms with Crippen LogP contribution in [0.1, 0.15) is 65.5 Å². The number of anilines is 6. The number of fused-ring (bicyclic) bond motifs is 7. The van der Waals surface area contributed by atoms with Crippen LogP contribution in [0, 0.1) is 34.0 Å². The van der Waals surface area contributed by atoms with Crippen molar-refractivity contribution in [2.24, 2.45) is 0 Å². The summed E-state index contributed by atoms with van der Waals surface area (Å²) >= 11 is 0. The minimum Gasteiger partial charge on any atom is -0.481 e. The highest BCUT2D eigenvalue weighted by molar-refractivity contribution is 5.89. The molecule has 590 valence electrons. The number of aliphatic hydroxyl groups is 2. The summed E-state index contributed by atoms with van der Waals surface area (Å²) in [6.45, 7) is 13.9. The first-order chi connectivity index (χ1) is 56.8. The van der Waals surface area contributed by atoms with Crippen LogP contribution in [0.25, 0.3) is 49.9 Å². The van der Waals surface area contributed by atoms with E-state index in [9.17, 15) is 30.4 Å². The Morgan fingerprint density at radius 2 is 0.750 bits per heavy atom. The molecule has 4 bridgehead atoms. The number of ether oxygens (including phenoxy) is 3.